The Bertz CT molecular complexity index is 19.7. The van der Waals surface area contributed by atoms with Crippen LogP contribution in [0.2, 0.25) is 0 Å². The molecule has 0 aromatic heterocycles. The SMILES string of the molecule is [CH-]1CCCC1.[Zn+][I]. The van der Waals surface area contributed by atoms with E-state index in [4.69, 9.17) is 0 Å². The Morgan fingerprint density at radius 1 is 1.14 bits per heavy atom. The summed E-state index contributed by atoms with van der Waals surface area (Å²) in [6.45, 7) is 0. The first-order chi connectivity index (χ1) is 3.50. The van der Waals surface area contributed by atoms with Gasteiger partial charge in [-0.1, -0.05) is 12.8 Å². The summed E-state index contributed by atoms with van der Waals surface area (Å²) in [5.74, 6) is 0. The molecule has 1 saturated carbocycles. The molecule has 0 atom stereocenters. The van der Waals surface area contributed by atoms with E-state index in [-0.39, 0.29) is 0 Å². The van der Waals surface area contributed by atoms with Crippen molar-refractivity contribution in [3.8, 4) is 0 Å². The third-order valence-electron chi connectivity index (χ3n) is 1.07. The fourth-order valence-corrected chi connectivity index (χ4v) is 0.722. The second kappa shape index (κ2) is 7.35. The van der Waals surface area contributed by atoms with Gasteiger partial charge in [0.15, 0.2) is 0 Å². The molecule has 0 amide bonds. The summed E-state index contributed by atoms with van der Waals surface area (Å²) in [5, 5.41) is 0. The van der Waals surface area contributed by atoms with E-state index in [1.807, 2.05) is 0 Å². The van der Waals surface area contributed by atoms with Crippen LogP contribution < -0.4 is 0 Å². The van der Waals surface area contributed by atoms with Gasteiger partial charge in [-0.15, -0.1) is 0 Å². The van der Waals surface area contributed by atoms with Crippen LogP contribution in [0.15, 0.2) is 0 Å². The van der Waals surface area contributed by atoms with E-state index in [1.165, 1.54) is 40.5 Å². The maximum absolute atomic E-state index is 2.36. The first-order valence-electron chi connectivity index (χ1n) is 2.58. The van der Waals surface area contributed by atoms with Gasteiger partial charge in [-0.3, -0.25) is 0 Å². The van der Waals surface area contributed by atoms with Gasteiger partial charge in [0.1, 0.15) is 0 Å². The number of halogens is 1. The second-order valence-electron chi connectivity index (χ2n) is 1.57. The average Bonchev–Trinajstić information content (AvgIpc) is 2.23. The van der Waals surface area contributed by atoms with Crippen molar-refractivity contribution in [1.82, 2.24) is 0 Å². The zero-order valence-corrected chi connectivity index (χ0v) is 9.62. The summed E-state index contributed by atoms with van der Waals surface area (Å²) in [4.78, 5) is 0. The summed E-state index contributed by atoms with van der Waals surface area (Å²) in [6.07, 6.45) is 8.00. The first-order valence-corrected chi connectivity index (χ1v) is 11.6. The predicted molar refractivity (Wildman–Crippen MR) is 36.8 cm³/mol. The molecule has 0 saturated heterocycles. The molecule has 0 aromatic carbocycles. The fraction of sp³-hybridized carbons (Fsp3) is 0.800. The monoisotopic (exact) mass is 260 g/mol. The molecular weight excluding hydrogens is 252 g/mol. The van der Waals surface area contributed by atoms with Crippen LogP contribution >= 0.6 is 19.8 Å². The van der Waals surface area contributed by atoms with Crippen LogP contribution in [0.3, 0.4) is 0 Å². The quantitative estimate of drug-likeness (QED) is 0.357. The molecule has 0 radical (unpaired) electrons. The summed E-state index contributed by atoms with van der Waals surface area (Å²) in [5.41, 5.74) is 0. The number of hydrogen-bond donors (Lipinski definition) is 0. The summed E-state index contributed by atoms with van der Waals surface area (Å²) < 4.78 is 0. The van der Waals surface area contributed by atoms with Crippen LogP contribution in [-0.2, 0) is 14.8 Å². The van der Waals surface area contributed by atoms with Crippen LogP contribution in [0.5, 0.6) is 0 Å². The molecule has 0 unspecified atom stereocenters. The standard InChI is InChI=1S/C5H9.HI.Zn/c1-2-4-5-3-1;;/h1H,2-5H2;1H;/q-1;;+2/p-1. The minimum atomic E-state index is 1.34. The molecule has 0 aromatic rings. The van der Waals surface area contributed by atoms with E-state index in [0.717, 1.165) is 0 Å². The van der Waals surface area contributed by atoms with Crippen molar-refractivity contribution in [1.29, 1.82) is 0 Å². The third-order valence-corrected chi connectivity index (χ3v) is 1.07. The second-order valence-corrected chi connectivity index (χ2v) is 1.57. The fourth-order valence-electron chi connectivity index (χ4n) is 0.722. The number of rotatable bonds is 0. The number of hydrogen-bond acceptors (Lipinski definition) is 0. The molecule has 0 nitrogen and oxygen atoms in total. The van der Waals surface area contributed by atoms with E-state index in [2.05, 4.69) is 26.2 Å². The summed E-state index contributed by atoms with van der Waals surface area (Å²) >= 11 is 3.62. The van der Waals surface area contributed by atoms with Gasteiger partial charge in [0.25, 0.3) is 0 Å². The first kappa shape index (κ1) is 8.35. The van der Waals surface area contributed by atoms with Crippen molar-refractivity contribution >= 4 is 19.8 Å². The molecule has 0 N–H and O–H groups in total. The van der Waals surface area contributed by atoms with Crippen molar-refractivity contribution in [2.45, 2.75) is 25.7 Å². The average molecular weight is 261 g/mol. The van der Waals surface area contributed by atoms with E-state index < -0.39 is 0 Å². The van der Waals surface area contributed by atoms with Gasteiger partial charge in [-0.25, -0.2) is 0 Å². The molecule has 0 spiro atoms. The van der Waals surface area contributed by atoms with E-state index in [1.54, 1.807) is 0 Å². The molecule has 38 valence electrons. The third kappa shape index (κ3) is 5.22. The molecule has 0 heterocycles. The van der Waals surface area contributed by atoms with Gasteiger partial charge in [0.05, 0.1) is 0 Å². The Morgan fingerprint density at radius 3 is 1.71 bits per heavy atom. The van der Waals surface area contributed by atoms with Crippen molar-refractivity contribution in [2.24, 2.45) is 0 Å². The van der Waals surface area contributed by atoms with Crippen LogP contribution in [0.25, 0.3) is 0 Å². The predicted octanol–water partition coefficient (Wildman–Crippen LogP) is 2.65. The van der Waals surface area contributed by atoms with Gasteiger partial charge in [0, 0.05) is 0 Å². The molecule has 0 aliphatic heterocycles. The zero-order chi connectivity index (χ0) is 5.54. The van der Waals surface area contributed by atoms with Crippen LogP contribution in [0.1, 0.15) is 25.7 Å². The van der Waals surface area contributed by atoms with Crippen molar-refractivity contribution < 1.29 is 14.8 Å². The Morgan fingerprint density at radius 2 is 1.57 bits per heavy atom. The Kier molecular flexibility index (Phi) is 8.78. The van der Waals surface area contributed by atoms with Gasteiger partial charge in [-0.2, -0.15) is 12.8 Å². The Labute approximate surface area is 66.3 Å². The molecule has 0 bridgehead atoms. The molecule has 1 rings (SSSR count). The normalized spacial score (nSPS) is 18.1. The van der Waals surface area contributed by atoms with Crippen LogP contribution in [0.4, 0.5) is 0 Å². The van der Waals surface area contributed by atoms with Crippen molar-refractivity contribution in [3.05, 3.63) is 6.42 Å². The van der Waals surface area contributed by atoms with E-state index >= 15 is 0 Å². The minimum absolute atomic E-state index is 1.34. The van der Waals surface area contributed by atoms with Gasteiger partial charge in [0.2, 0.25) is 0 Å². The maximum atomic E-state index is 2.36. The topological polar surface area (TPSA) is 0 Å². The summed E-state index contributed by atoms with van der Waals surface area (Å²) in [7, 11) is 0. The van der Waals surface area contributed by atoms with Gasteiger partial charge < -0.3 is 6.42 Å². The zero-order valence-electron chi connectivity index (χ0n) is 4.49. The molecule has 1 fully saturated rings. The van der Waals surface area contributed by atoms with E-state index in [0.29, 0.717) is 0 Å². The van der Waals surface area contributed by atoms with Crippen molar-refractivity contribution in [3.63, 3.8) is 0 Å². The molecule has 1 aliphatic rings. The Balaban J connectivity index is 0.000000162. The molecule has 7 heavy (non-hydrogen) atoms. The molecule has 1 aliphatic carbocycles. The van der Waals surface area contributed by atoms with Gasteiger partial charge in [-0.05, 0) is 0 Å². The molecular formula is C5H9IZn. The van der Waals surface area contributed by atoms with Crippen LogP contribution in [-0.4, -0.2) is 0 Å². The molecule has 2 heteroatoms. The summed E-state index contributed by atoms with van der Waals surface area (Å²) in [6, 6.07) is 0. The van der Waals surface area contributed by atoms with Gasteiger partial charge >= 0.3 is 34.5 Å². The Hall–Kier alpha value is 1.35. The van der Waals surface area contributed by atoms with E-state index in [9.17, 15) is 0 Å². The van der Waals surface area contributed by atoms with Crippen molar-refractivity contribution in [2.75, 3.05) is 0 Å². The van der Waals surface area contributed by atoms with Crippen LogP contribution in [0, 0.1) is 6.42 Å².